The summed E-state index contributed by atoms with van der Waals surface area (Å²) >= 11 is 0. The van der Waals surface area contributed by atoms with Crippen LogP contribution in [0.25, 0.3) is 0 Å². The van der Waals surface area contributed by atoms with Crippen molar-refractivity contribution in [2.75, 3.05) is 32.2 Å². The molecule has 0 atom stereocenters. The van der Waals surface area contributed by atoms with E-state index in [0.717, 1.165) is 4.90 Å². The second kappa shape index (κ2) is 8.53. The summed E-state index contributed by atoms with van der Waals surface area (Å²) in [6, 6.07) is 10.4. The highest BCUT2D eigenvalue weighted by Gasteiger charge is 2.35. The Balaban J connectivity index is 1.70. The Morgan fingerprint density at radius 2 is 1.72 bits per heavy atom. The monoisotopic (exact) mass is 397 g/mol. The van der Waals surface area contributed by atoms with Crippen LogP contribution in [0.1, 0.15) is 31.1 Å². The lowest BCUT2D eigenvalue weighted by molar-refractivity contribution is -0.307. The van der Waals surface area contributed by atoms with Gasteiger partial charge in [0.1, 0.15) is 12.4 Å². The van der Waals surface area contributed by atoms with E-state index in [1.807, 2.05) is 0 Å². The number of imide groups is 1. The number of nitrogens with zero attached hydrogens (tertiary/aromatic N) is 1. The first-order chi connectivity index (χ1) is 13.9. The highest BCUT2D eigenvalue weighted by Crippen LogP contribution is 2.24. The van der Waals surface area contributed by atoms with Crippen molar-refractivity contribution in [2.45, 2.75) is 0 Å². The second-order valence-electron chi connectivity index (χ2n) is 6.15. The standard InChI is InChI=1S/C20H18N2O7/c1-28-9-8-22-19(26)15-7-2-12(10-16(15)20(22)27)18(25)21-13-3-5-14(6-4-13)29-11-17(23)24/h2-7,10H,8-9,11H2,1H3,(H,21,25)(H,23,24)/p-1. The van der Waals surface area contributed by atoms with Crippen molar-refractivity contribution in [3.05, 3.63) is 59.2 Å². The number of hydrogen-bond donors (Lipinski definition) is 1. The molecule has 2 aromatic carbocycles. The van der Waals surface area contributed by atoms with Gasteiger partial charge in [0.25, 0.3) is 17.7 Å². The van der Waals surface area contributed by atoms with Crippen LogP contribution in [-0.2, 0) is 9.53 Å². The van der Waals surface area contributed by atoms with Crippen LogP contribution in [0, 0.1) is 0 Å². The molecule has 1 aliphatic rings. The number of anilines is 1. The zero-order valence-electron chi connectivity index (χ0n) is 15.5. The van der Waals surface area contributed by atoms with Crippen LogP contribution in [0.4, 0.5) is 5.69 Å². The molecule has 0 saturated heterocycles. The molecule has 3 amide bonds. The van der Waals surface area contributed by atoms with Crippen molar-refractivity contribution in [3.8, 4) is 5.75 Å². The number of hydrogen-bond acceptors (Lipinski definition) is 7. The first kappa shape index (κ1) is 20.0. The number of carboxylic acids is 1. The summed E-state index contributed by atoms with van der Waals surface area (Å²) < 4.78 is 9.88. The molecule has 1 aliphatic heterocycles. The number of carbonyl (C=O) groups is 4. The summed E-state index contributed by atoms with van der Waals surface area (Å²) in [6.07, 6.45) is 0. The fourth-order valence-corrected chi connectivity index (χ4v) is 2.80. The second-order valence-corrected chi connectivity index (χ2v) is 6.15. The van der Waals surface area contributed by atoms with Crippen molar-refractivity contribution < 1.29 is 33.8 Å². The SMILES string of the molecule is COCCN1C(=O)c2ccc(C(=O)Nc3ccc(OCC(=O)[O-])cc3)cc2C1=O. The Kier molecular flexibility index (Phi) is 5.89. The smallest absolute Gasteiger partial charge is 0.261 e. The van der Waals surface area contributed by atoms with Crippen LogP contribution < -0.4 is 15.2 Å². The maximum absolute atomic E-state index is 12.5. The van der Waals surface area contributed by atoms with Crippen molar-refractivity contribution in [3.63, 3.8) is 0 Å². The minimum Gasteiger partial charge on any atom is -0.546 e. The summed E-state index contributed by atoms with van der Waals surface area (Å²) in [5.41, 5.74) is 1.08. The molecule has 0 spiro atoms. The molecule has 0 fully saturated rings. The maximum Gasteiger partial charge on any atom is 0.261 e. The molecule has 1 N–H and O–H groups in total. The van der Waals surface area contributed by atoms with Crippen LogP contribution >= 0.6 is 0 Å². The normalized spacial score (nSPS) is 12.7. The fourth-order valence-electron chi connectivity index (χ4n) is 2.80. The van der Waals surface area contributed by atoms with Crippen LogP contribution in [0.15, 0.2) is 42.5 Å². The number of fused-ring (bicyclic) bond motifs is 1. The molecular formula is C20H17N2O7-. The third kappa shape index (κ3) is 4.41. The lowest BCUT2D eigenvalue weighted by Gasteiger charge is -2.12. The van der Waals surface area contributed by atoms with Gasteiger partial charge in [0, 0.05) is 18.4 Å². The first-order valence-corrected chi connectivity index (χ1v) is 8.64. The van der Waals surface area contributed by atoms with E-state index in [4.69, 9.17) is 9.47 Å². The Hall–Kier alpha value is -3.72. The quantitative estimate of drug-likeness (QED) is 0.636. The lowest BCUT2D eigenvalue weighted by atomic mass is 10.1. The molecule has 3 rings (SSSR count). The molecule has 9 nitrogen and oxygen atoms in total. The van der Waals surface area contributed by atoms with E-state index in [0.29, 0.717) is 11.4 Å². The maximum atomic E-state index is 12.5. The van der Waals surface area contributed by atoms with E-state index in [1.54, 1.807) is 0 Å². The van der Waals surface area contributed by atoms with Crippen molar-refractivity contribution in [1.82, 2.24) is 4.90 Å². The van der Waals surface area contributed by atoms with Gasteiger partial charge < -0.3 is 24.7 Å². The summed E-state index contributed by atoms with van der Waals surface area (Å²) in [7, 11) is 1.47. The summed E-state index contributed by atoms with van der Waals surface area (Å²) in [5, 5.41) is 13.1. The molecule has 0 radical (unpaired) electrons. The fraction of sp³-hybridized carbons (Fsp3) is 0.200. The molecular weight excluding hydrogens is 380 g/mol. The molecule has 1 heterocycles. The van der Waals surface area contributed by atoms with E-state index in [9.17, 15) is 24.3 Å². The number of aliphatic carboxylic acids is 1. The third-order valence-corrected chi connectivity index (χ3v) is 4.22. The van der Waals surface area contributed by atoms with Gasteiger partial charge in [-0.15, -0.1) is 0 Å². The Morgan fingerprint density at radius 3 is 2.38 bits per heavy atom. The van der Waals surface area contributed by atoms with Crippen LogP contribution in [0.2, 0.25) is 0 Å². The minimum absolute atomic E-state index is 0.136. The molecule has 0 unspecified atom stereocenters. The van der Waals surface area contributed by atoms with Crippen molar-refractivity contribution in [2.24, 2.45) is 0 Å². The predicted octanol–water partition coefficient (Wildman–Crippen LogP) is 0.310. The Bertz CT molecular complexity index is 969. The van der Waals surface area contributed by atoms with E-state index >= 15 is 0 Å². The number of carbonyl (C=O) groups excluding carboxylic acids is 4. The molecule has 2 aromatic rings. The number of carboxylic acid groups (broad SMARTS) is 1. The molecule has 0 saturated carbocycles. The van der Waals surface area contributed by atoms with Crippen molar-refractivity contribution >= 4 is 29.4 Å². The van der Waals surface area contributed by atoms with Gasteiger partial charge in [-0.1, -0.05) is 0 Å². The van der Waals surface area contributed by atoms with E-state index in [-0.39, 0.29) is 29.8 Å². The highest BCUT2D eigenvalue weighted by molar-refractivity contribution is 6.22. The molecule has 150 valence electrons. The van der Waals surface area contributed by atoms with Gasteiger partial charge >= 0.3 is 0 Å². The molecule has 0 aliphatic carbocycles. The van der Waals surface area contributed by atoms with E-state index in [1.165, 1.54) is 49.6 Å². The number of nitrogens with one attached hydrogen (secondary N) is 1. The van der Waals surface area contributed by atoms with Crippen LogP contribution in [0.3, 0.4) is 0 Å². The third-order valence-electron chi connectivity index (χ3n) is 4.22. The average Bonchev–Trinajstić information content (AvgIpc) is 2.95. The number of methoxy groups -OCH3 is 1. The average molecular weight is 397 g/mol. The Morgan fingerprint density at radius 1 is 1.03 bits per heavy atom. The zero-order valence-corrected chi connectivity index (χ0v) is 15.5. The molecule has 9 heteroatoms. The minimum atomic E-state index is -1.34. The van der Waals surface area contributed by atoms with Gasteiger partial charge in [0.05, 0.1) is 30.2 Å². The first-order valence-electron chi connectivity index (χ1n) is 8.64. The molecule has 29 heavy (non-hydrogen) atoms. The summed E-state index contributed by atoms with van der Waals surface area (Å²) in [6.45, 7) is -0.215. The highest BCUT2D eigenvalue weighted by atomic mass is 16.5. The zero-order chi connectivity index (χ0) is 21.0. The van der Waals surface area contributed by atoms with Gasteiger partial charge in [0.15, 0.2) is 0 Å². The lowest BCUT2D eigenvalue weighted by Crippen LogP contribution is -2.32. The Labute approximate surface area is 165 Å². The predicted molar refractivity (Wildman–Crippen MR) is 98.6 cm³/mol. The van der Waals surface area contributed by atoms with E-state index < -0.39 is 30.3 Å². The van der Waals surface area contributed by atoms with Gasteiger partial charge in [0.2, 0.25) is 0 Å². The largest absolute Gasteiger partial charge is 0.546 e. The summed E-state index contributed by atoms with van der Waals surface area (Å²) in [4.78, 5) is 48.7. The van der Waals surface area contributed by atoms with Crippen LogP contribution in [-0.4, -0.2) is 55.5 Å². The number of benzene rings is 2. The summed E-state index contributed by atoms with van der Waals surface area (Å²) in [5.74, 6) is -2.38. The molecule has 0 bridgehead atoms. The molecule has 0 aromatic heterocycles. The van der Waals surface area contributed by atoms with Gasteiger partial charge in [-0.2, -0.15) is 0 Å². The number of rotatable bonds is 8. The van der Waals surface area contributed by atoms with E-state index in [2.05, 4.69) is 5.32 Å². The number of ether oxygens (including phenoxy) is 2. The van der Waals surface area contributed by atoms with Crippen LogP contribution in [0.5, 0.6) is 5.75 Å². The number of amides is 3. The van der Waals surface area contributed by atoms with Gasteiger partial charge in [-0.05, 0) is 42.5 Å². The van der Waals surface area contributed by atoms with Gasteiger partial charge in [-0.3, -0.25) is 19.3 Å². The van der Waals surface area contributed by atoms with Crippen molar-refractivity contribution in [1.29, 1.82) is 0 Å². The topological polar surface area (TPSA) is 125 Å². The van der Waals surface area contributed by atoms with Gasteiger partial charge in [-0.25, -0.2) is 0 Å².